The van der Waals surface area contributed by atoms with Gasteiger partial charge in [0.1, 0.15) is 0 Å². The molecule has 1 aromatic carbocycles. The molecule has 0 unspecified atom stereocenters. The summed E-state index contributed by atoms with van der Waals surface area (Å²) < 4.78 is 0. The molecular weight excluding hydrogens is 218 g/mol. The molecule has 0 amide bonds. The van der Waals surface area contributed by atoms with Crippen molar-refractivity contribution in [3.8, 4) is 0 Å². The van der Waals surface area contributed by atoms with Gasteiger partial charge < -0.3 is 4.90 Å². The first-order valence-corrected chi connectivity index (χ1v) is 6.13. The second-order valence-corrected chi connectivity index (χ2v) is 4.36. The summed E-state index contributed by atoms with van der Waals surface area (Å²) in [4.78, 5) is 2.22. The summed E-state index contributed by atoms with van der Waals surface area (Å²) in [5.41, 5.74) is 7.21. The maximum Gasteiger partial charge on any atom is 0.187 e. The Hall–Kier alpha value is -1.29. The number of hydrazine groups is 1. The summed E-state index contributed by atoms with van der Waals surface area (Å²) in [5.74, 6) is 0. The minimum absolute atomic E-state index is 0.795. The smallest absolute Gasteiger partial charge is 0.187 e. The van der Waals surface area contributed by atoms with Crippen LogP contribution in [0.25, 0.3) is 0 Å². The molecule has 1 saturated heterocycles. The van der Waals surface area contributed by atoms with Gasteiger partial charge >= 0.3 is 0 Å². The van der Waals surface area contributed by atoms with E-state index < -0.39 is 0 Å². The van der Waals surface area contributed by atoms with Crippen LogP contribution >= 0.6 is 12.2 Å². The second kappa shape index (κ2) is 5.70. The molecular formula is C12H17N3S. The van der Waals surface area contributed by atoms with Crippen molar-refractivity contribution in [2.24, 2.45) is 0 Å². The topological polar surface area (TPSA) is 27.3 Å². The van der Waals surface area contributed by atoms with Crippen LogP contribution in [-0.2, 0) is 0 Å². The number of hydrogen-bond donors (Lipinski definition) is 2. The number of anilines is 1. The normalized spacial score (nSPS) is 15.6. The minimum Gasteiger partial charge on any atom is -0.348 e. The molecule has 1 aliphatic rings. The van der Waals surface area contributed by atoms with E-state index in [1.165, 1.54) is 19.3 Å². The first kappa shape index (κ1) is 11.2. The summed E-state index contributed by atoms with van der Waals surface area (Å²) >= 11 is 5.33. The average molecular weight is 235 g/mol. The number of nitrogens with zero attached hydrogens (tertiary/aromatic N) is 1. The van der Waals surface area contributed by atoms with Gasteiger partial charge in [0.2, 0.25) is 0 Å². The number of hydrogen-bond acceptors (Lipinski definition) is 2. The van der Waals surface area contributed by atoms with Crippen LogP contribution in [-0.4, -0.2) is 23.1 Å². The lowest BCUT2D eigenvalue weighted by Gasteiger charge is -2.29. The molecule has 0 saturated carbocycles. The minimum atomic E-state index is 0.795. The van der Waals surface area contributed by atoms with Crippen LogP contribution in [0.2, 0.25) is 0 Å². The van der Waals surface area contributed by atoms with E-state index >= 15 is 0 Å². The Balaban J connectivity index is 1.79. The molecule has 2 N–H and O–H groups in total. The quantitative estimate of drug-likeness (QED) is 0.608. The molecule has 0 atom stereocenters. The van der Waals surface area contributed by atoms with Crippen LogP contribution in [0, 0.1) is 0 Å². The molecule has 2 rings (SSSR count). The lowest BCUT2D eigenvalue weighted by molar-refractivity contribution is 0.340. The molecule has 16 heavy (non-hydrogen) atoms. The van der Waals surface area contributed by atoms with Gasteiger partial charge in [-0.05, 0) is 43.6 Å². The molecule has 0 spiro atoms. The van der Waals surface area contributed by atoms with E-state index in [1.807, 2.05) is 30.3 Å². The van der Waals surface area contributed by atoms with E-state index in [1.54, 1.807) is 0 Å². The molecule has 4 heteroatoms. The predicted molar refractivity (Wildman–Crippen MR) is 71.2 cm³/mol. The first-order valence-electron chi connectivity index (χ1n) is 5.72. The van der Waals surface area contributed by atoms with Crippen LogP contribution in [0.4, 0.5) is 5.69 Å². The van der Waals surface area contributed by atoms with Gasteiger partial charge in [-0.2, -0.15) is 0 Å². The Labute approximate surface area is 102 Å². The fourth-order valence-corrected chi connectivity index (χ4v) is 2.06. The van der Waals surface area contributed by atoms with E-state index in [0.717, 1.165) is 23.9 Å². The molecule has 0 radical (unpaired) electrons. The highest BCUT2D eigenvalue weighted by molar-refractivity contribution is 7.80. The Bertz CT molecular complexity index is 333. The number of thiocarbonyl (C=S) groups is 1. The van der Waals surface area contributed by atoms with Gasteiger partial charge in [0.25, 0.3) is 0 Å². The van der Waals surface area contributed by atoms with Gasteiger partial charge in [-0.25, -0.2) is 0 Å². The van der Waals surface area contributed by atoms with Gasteiger partial charge in [-0.15, -0.1) is 0 Å². The fourth-order valence-electron chi connectivity index (χ4n) is 1.82. The standard InChI is InChI=1S/C12H17N3S/c16-12(15-9-5-2-6-10-15)14-13-11-7-3-1-4-8-11/h1,3-4,7-8,13H,2,5-6,9-10H2,(H,14,16). The second-order valence-electron chi connectivity index (χ2n) is 3.97. The monoisotopic (exact) mass is 235 g/mol. The third-order valence-electron chi connectivity index (χ3n) is 2.73. The number of nitrogens with one attached hydrogen (secondary N) is 2. The van der Waals surface area contributed by atoms with E-state index in [-0.39, 0.29) is 0 Å². The highest BCUT2D eigenvalue weighted by atomic mass is 32.1. The molecule has 1 fully saturated rings. The zero-order chi connectivity index (χ0) is 11.2. The van der Waals surface area contributed by atoms with Crippen molar-refractivity contribution in [1.82, 2.24) is 10.3 Å². The SMILES string of the molecule is S=C(NNc1ccccc1)N1CCCCC1. The van der Waals surface area contributed by atoms with Gasteiger partial charge in [-0.3, -0.25) is 10.9 Å². The number of rotatable bonds is 2. The lowest BCUT2D eigenvalue weighted by Crippen LogP contribution is -2.44. The van der Waals surface area contributed by atoms with Crippen molar-refractivity contribution < 1.29 is 0 Å². The maximum atomic E-state index is 5.33. The Morgan fingerprint density at radius 3 is 2.44 bits per heavy atom. The van der Waals surface area contributed by atoms with Crippen LogP contribution < -0.4 is 10.9 Å². The molecule has 0 aliphatic carbocycles. The van der Waals surface area contributed by atoms with Crippen molar-refractivity contribution >= 4 is 23.0 Å². The van der Waals surface area contributed by atoms with E-state index in [2.05, 4.69) is 15.8 Å². The van der Waals surface area contributed by atoms with Gasteiger partial charge in [0, 0.05) is 13.1 Å². The Morgan fingerprint density at radius 2 is 1.75 bits per heavy atom. The van der Waals surface area contributed by atoms with Crippen molar-refractivity contribution in [3.05, 3.63) is 30.3 Å². The Kier molecular flexibility index (Phi) is 3.99. The predicted octanol–water partition coefficient (Wildman–Crippen LogP) is 2.37. The third kappa shape index (κ3) is 3.10. The molecule has 86 valence electrons. The number of benzene rings is 1. The summed E-state index contributed by atoms with van der Waals surface area (Å²) in [6.45, 7) is 2.14. The largest absolute Gasteiger partial charge is 0.348 e. The molecule has 0 aromatic heterocycles. The molecule has 1 heterocycles. The summed E-state index contributed by atoms with van der Waals surface area (Å²) in [5, 5.41) is 0.795. The van der Waals surface area contributed by atoms with Crippen LogP contribution in [0.1, 0.15) is 19.3 Å². The summed E-state index contributed by atoms with van der Waals surface area (Å²) in [6, 6.07) is 9.99. The Morgan fingerprint density at radius 1 is 1.06 bits per heavy atom. The summed E-state index contributed by atoms with van der Waals surface area (Å²) in [7, 11) is 0. The summed E-state index contributed by atoms with van der Waals surface area (Å²) in [6.07, 6.45) is 3.81. The molecule has 3 nitrogen and oxygen atoms in total. The highest BCUT2D eigenvalue weighted by Gasteiger charge is 2.12. The number of para-hydroxylation sites is 1. The zero-order valence-corrected chi connectivity index (χ0v) is 10.1. The third-order valence-corrected chi connectivity index (χ3v) is 3.09. The number of likely N-dealkylation sites (tertiary alicyclic amines) is 1. The van der Waals surface area contributed by atoms with E-state index in [4.69, 9.17) is 12.2 Å². The van der Waals surface area contributed by atoms with Crippen molar-refractivity contribution in [3.63, 3.8) is 0 Å². The first-order chi connectivity index (χ1) is 7.86. The fraction of sp³-hybridized carbons (Fsp3) is 0.417. The van der Waals surface area contributed by atoms with E-state index in [9.17, 15) is 0 Å². The maximum absolute atomic E-state index is 5.33. The van der Waals surface area contributed by atoms with Crippen molar-refractivity contribution in [1.29, 1.82) is 0 Å². The zero-order valence-electron chi connectivity index (χ0n) is 9.28. The highest BCUT2D eigenvalue weighted by Crippen LogP contribution is 2.09. The lowest BCUT2D eigenvalue weighted by atomic mass is 10.1. The number of piperidine rings is 1. The molecule has 0 bridgehead atoms. The van der Waals surface area contributed by atoms with Crippen molar-refractivity contribution in [2.75, 3.05) is 18.5 Å². The van der Waals surface area contributed by atoms with Crippen LogP contribution in [0.15, 0.2) is 30.3 Å². The van der Waals surface area contributed by atoms with Crippen molar-refractivity contribution in [2.45, 2.75) is 19.3 Å². The van der Waals surface area contributed by atoms with Gasteiger partial charge in [0.15, 0.2) is 5.11 Å². The van der Waals surface area contributed by atoms with E-state index in [0.29, 0.717) is 0 Å². The molecule has 1 aromatic rings. The van der Waals surface area contributed by atoms with Gasteiger partial charge in [0.05, 0.1) is 5.69 Å². The molecule has 1 aliphatic heterocycles. The van der Waals surface area contributed by atoms with Gasteiger partial charge in [-0.1, -0.05) is 18.2 Å². The van der Waals surface area contributed by atoms with Crippen LogP contribution in [0.3, 0.4) is 0 Å². The average Bonchev–Trinajstić information content (AvgIpc) is 2.38. The van der Waals surface area contributed by atoms with Crippen LogP contribution in [0.5, 0.6) is 0 Å².